The van der Waals surface area contributed by atoms with Crippen LogP contribution in [0.5, 0.6) is 0 Å². The van der Waals surface area contributed by atoms with E-state index < -0.39 is 0 Å². The lowest BCUT2D eigenvalue weighted by molar-refractivity contribution is -0.929. The number of nitrogens with one attached hydrogen (secondary N) is 1. The molecule has 0 spiro atoms. The van der Waals surface area contributed by atoms with Crippen LogP contribution in [0, 0.1) is 0 Å². The van der Waals surface area contributed by atoms with Gasteiger partial charge in [-0.15, -0.1) is 0 Å². The van der Waals surface area contributed by atoms with Gasteiger partial charge in [0, 0.05) is 20.1 Å². The molecular formula is C17H28N5O3+. The summed E-state index contributed by atoms with van der Waals surface area (Å²) in [6, 6.07) is 0.0838. The number of aromatic nitrogens is 4. The van der Waals surface area contributed by atoms with Gasteiger partial charge in [-0.25, -0.2) is 9.78 Å². The standard InChI is InChI=1S/C17H27N5O3/c1-10(2)22-13(9-21-7-11(3)25-12(4)8-21)18-15-14(22)16(23)20(6)17(24)19(15)5/h10-12H,7-9H2,1-6H3/p+1/t11-,12+. The van der Waals surface area contributed by atoms with Gasteiger partial charge in [0.05, 0.1) is 0 Å². The van der Waals surface area contributed by atoms with E-state index in [-0.39, 0.29) is 29.5 Å². The monoisotopic (exact) mass is 350 g/mol. The maximum absolute atomic E-state index is 12.7. The molecule has 1 unspecified atom stereocenters. The van der Waals surface area contributed by atoms with Gasteiger partial charge in [-0.2, -0.15) is 0 Å². The van der Waals surface area contributed by atoms with Crippen molar-refractivity contribution in [1.82, 2.24) is 18.7 Å². The lowest BCUT2D eigenvalue weighted by atomic mass is 10.2. The average Bonchev–Trinajstić information content (AvgIpc) is 2.89. The molecule has 25 heavy (non-hydrogen) atoms. The zero-order chi connectivity index (χ0) is 18.5. The molecule has 1 fully saturated rings. The van der Waals surface area contributed by atoms with Crippen LogP contribution in [0.4, 0.5) is 0 Å². The lowest BCUT2D eigenvalue weighted by Crippen LogP contribution is -3.14. The van der Waals surface area contributed by atoms with Crippen molar-refractivity contribution in [3.63, 3.8) is 0 Å². The number of rotatable bonds is 3. The zero-order valence-electron chi connectivity index (χ0n) is 15.9. The van der Waals surface area contributed by atoms with Crippen molar-refractivity contribution in [1.29, 1.82) is 0 Å². The Balaban J connectivity index is 2.14. The highest BCUT2D eigenvalue weighted by molar-refractivity contribution is 5.71. The second-order valence-electron chi connectivity index (χ2n) is 7.46. The predicted molar refractivity (Wildman–Crippen MR) is 95.0 cm³/mol. The van der Waals surface area contributed by atoms with E-state index in [1.807, 2.05) is 18.4 Å². The number of nitrogens with zero attached hydrogens (tertiary/aromatic N) is 4. The van der Waals surface area contributed by atoms with Crippen molar-refractivity contribution in [2.45, 2.75) is 52.5 Å². The molecule has 1 aliphatic heterocycles. The topological polar surface area (TPSA) is 75.5 Å². The molecule has 3 rings (SSSR count). The number of aryl methyl sites for hydroxylation is 1. The van der Waals surface area contributed by atoms with E-state index in [1.165, 1.54) is 16.5 Å². The zero-order valence-corrected chi connectivity index (χ0v) is 15.9. The van der Waals surface area contributed by atoms with Gasteiger partial charge >= 0.3 is 5.69 Å². The minimum absolute atomic E-state index is 0.0838. The van der Waals surface area contributed by atoms with Crippen LogP contribution in [0.25, 0.3) is 11.2 Å². The molecule has 1 N–H and O–H groups in total. The first-order valence-corrected chi connectivity index (χ1v) is 8.86. The van der Waals surface area contributed by atoms with Gasteiger partial charge < -0.3 is 14.2 Å². The van der Waals surface area contributed by atoms with E-state index in [9.17, 15) is 9.59 Å². The molecule has 2 aromatic rings. The number of ether oxygens (including phenoxy) is 1. The first kappa shape index (κ1) is 17.9. The Kier molecular flexibility index (Phi) is 4.59. The summed E-state index contributed by atoms with van der Waals surface area (Å²) < 4.78 is 10.4. The number of morpholine rings is 1. The molecule has 1 aliphatic rings. The third-order valence-corrected chi connectivity index (χ3v) is 4.91. The SMILES string of the molecule is CC(C)n1c(C[NH+]2C[C@@H](C)O[C@@H](C)C2)nc2c1c(=O)n(C)c(=O)n2C. The Bertz CT molecular complexity index is 898. The summed E-state index contributed by atoms with van der Waals surface area (Å²) in [6.07, 6.45) is 0.403. The van der Waals surface area contributed by atoms with E-state index in [0.29, 0.717) is 17.7 Å². The molecule has 8 heteroatoms. The summed E-state index contributed by atoms with van der Waals surface area (Å²) in [5, 5.41) is 0. The predicted octanol–water partition coefficient (Wildman–Crippen LogP) is -0.793. The van der Waals surface area contributed by atoms with Crippen LogP contribution in [-0.4, -0.2) is 44.0 Å². The summed E-state index contributed by atoms with van der Waals surface area (Å²) >= 11 is 0. The third-order valence-electron chi connectivity index (χ3n) is 4.91. The van der Waals surface area contributed by atoms with E-state index in [0.717, 1.165) is 23.5 Å². The van der Waals surface area contributed by atoms with Crippen LogP contribution in [-0.2, 0) is 25.4 Å². The van der Waals surface area contributed by atoms with Crippen molar-refractivity contribution < 1.29 is 9.64 Å². The fourth-order valence-corrected chi connectivity index (χ4v) is 3.90. The Labute approximate surface area is 146 Å². The van der Waals surface area contributed by atoms with Gasteiger partial charge in [-0.1, -0.05) is 0 Å². The molecule has 0 aromatic carbocycles. The molecule has 8 nitrogen and oxygen atoms in total. The van der Waals surface area contributed by atoms with Crippen molar-refractivity contribution >= 4 is 11.2 Å². The van der Waals surface area contributed by atoms with Gasteiger partial charge in [0.25, 0.3) is 5.56 Å². The second kappa shape index (κ2) is 6.42. The maximum atomic E-state index is 12.7. The molecule has 3 atom stereocenters. The third kappa shape index (κ3) is 3.04. The smallest absolute Gasteiger partial charge is 0.332 e. The van der Waals surface area contributed by atoms with Gasteiger partial charge in [0.1, 0.15) is 31.8 Å². The van der Waals surface area contributed by atoms with E-state index in [1.54, 1.807) is 7.05 Å². The Morgan fingerprint density at radius 1 is 1.16 bits per heavy atom. The van der Waals surface area contributed by atoms with Crippen molar-refractivity contribution in [2.75, 3.05) is 13.1 Å². The molecule has 0 amide bonds. The van der Waals surface area contributed by atoms with Crippen LogP contribution in [0.2, 0.25) is 0 Å². The first-order chi connectivity index (χ1) is 11.7. The van der Waals surface area contributed by atoms with E-state index in [4.69, 9.17) is 9.72 Å². The van der Waals surface area contributed by atoms with E-state index >= 15 is 0 Å². The minimum atomic E-state index is -0.349. The van der Waals surface area contributed by atoms with Gasteiger partial charge in [0.15, 0.2) is 17.0 Å². The highest BCUT2D eigenvalue weighted by Gasteiger charge is 2.29. The number of fused-ring (bicyclic) bond motifs is 1. The number of quaternary nitrogens is 1. The summed E-state index contributed by atoms with van der Waals surface area (Å²) in [6.45, 7) is 10.8. The number of imidazole rings is 1. The van der Waals surface area contributed by atoms with Crippen LogP contribution in [0.1, 0.15) is 39.6 Å². The maximum Gasteiger partial charge on any atom is 0.332 e. The van der Waals surface area contributed by atoms with Gasteiger partial charge in [-0.3, -0.25) is 13.9 Å². The summed E-state index contributed by atoms with van der Waals surface area (Å²) in [5.41, 5.74) is 0.330. The molecule has 0 aliphatic carbocycles. The Hall–Kier alpha value is -1.93. The Morgan fingerprint density at radius 2 is 1.76 bits per heavy atom. The van der Waals surface area contributed by atoms with Gasteiger partial charge in [-0.05, 0) is 27.7 Å². The fourth-order valence-electron chi connectivity index (χ4n) is 3.90. The number of hydrogen-bond acceptors (Lipinski definition) is 4. The summed E-state index contributed by atoms with van der Waals surface area (Å²) in [5.74, 6) is 0.847. The normalized spacial score (nSPS) is 24.4. The van der Waals surface area contributed by atoms with Crippen LogP contribution >= 0.6 is 0 Å². The van der Waals surface area contributed by atoms with Crippen molar-refractivity contribution in [2.24, 2.45) is 14.1 Å². The molecule has 2 aromatic heterocycles. The molecular weight excluding hydrogens is 322 g/mol. The molecule has 0 bridgehead atoms. The van der Waals surface area contributed by atoms with Crippen molar-refractivity contribution in [3.05, 3.63) is 26.7 Å². The first-order valence-electron chi connectivity index (χ1n) is 8.86. The quantitative estimate of drug-likeness (QED) is 0.787. The molecule has 0 radical (unpaired) electrons. The highest BCUT2D eigenvalue weighted by atomic mass is 16.5. The summed E-state index contributed by atoms with van der Waals surface area (Å²) in [7, 11) is 3.18. The molecule has 0 saturated carbocycles. The largest absolute Gasteiger partial charge is 0.364 e. The minimum Gasteiger partial charge on any atom is -0.364 e. The fraction of sp³-hybridized carbons (Fsp3) is 0.706. The average molecular weight is 350 g/mol. The summed E-state index contributed by atoms with van der Waals surface area (Å²) in [4.78, 5) is 31.0. The Morgan fingerprint density at radius 3 is 2.32 bits per heavy atom. The molecule has 1 saturated heterocycles. The van der Waals surface area contributed by atoms with Crippen molar-refractivity contribution in [3.8, 4) is 0 Å². The number of hydrogen-bond donors (Lipinski definition) is 1. The highest BCUT2D eigenvalue weighted by Crippen LogP contribution is 2.17. The van der Waals surface area contributed by atoms with E-state index in [2.05, 4.69) is 13.8 Å². The van der Waals surface area contributed by atoms with Gasteiger partial charge in [0.2, 0.25) is 0 Å². The molecule has 3 heterocycles. The van der Waals surface area contributed by atoms with Crippen LogP contribution < -0.4 is 16.1 Å². The molecule has 138 valence electrons. The lowest BCUT2D eigenvalue weighted by Gasteiger charge is -2.32. The van der Waals surface area contributed by atoms with Crippen LogP contribution in [0.3, 0.4) is 0 Å². The second-order valence-corrected chi connectivity index (χ2v) is 7.46. The van der Waals surface area contributed by atoms with Crippen LogP contribution in [0.15, 0.2) is 9.59 Å².